The molecule has 1 amide bonds. The minimum absolute atomic E-state index is 0.0700. The van der Waals surface area contributed by atoms with Crippen LogP contribution in [0.5, 0.6) is 0 Å². The van der Waals surface area contributed by atoms with Gasteiger partial charge in [0.05, 0.1) is 22.4 Å². The molecule has 0 spiro atoms. The zero-order chi connectivity index (χ0) is 19.8. The van der Waals surface area contributed by atoms with Gasteiger partial charge in [0.15, 0.2) is 11.0 Å². The van der Waals surface area contributed by atoms with Gasteiger partial charge in [0.1, 0.15) is 6.61 Å². The maximum absolute atomic E-state index is 11.9. The first-order valence-electron chi connectivity index (χ1n) is 9.98. The van der Waals surface area contributed by atoms with E-state index in [1.807, 2.05) is 18.2 Å². The van der Waals surface area contributed by atoms with Crippen molar-refractivity contribution in [1.82, 2.24) is 15.0 Å². The van der Waals surface area contributed by atoms with Gasteiger partial charge in [0.25, 0.3) is 0 Å². The minimum Gasteiger partial charge on any atom is -0.390 e. The van der Waals surface area contributed by atoms with Crippen molar-refractivity contribution in [3.63, 3.8) is 0 Å². The highest BCUT2D eigenvalue weighted by Gasteiger charge is 2.30. The summed E-state index contributed by atoms with van der Waals surface area (Å²) in [5, 5.41) is 13.4. The number of nitrogens with zero attached hydrogens (tertiary/aromatic N) is 3. The van der Waals surface area contributed by atoms with E-state index in [1.165, 1.54) is 11.3 Å². The number of nitrogens with one attached hydrogen (secondary N) is 1. The molecule has 2 fully saturated rings. The van der Waals surface area contributed by atoms with E-state index in [2.05, 4.69) is 20.3 Å². The van der Waals surface area contributed by atoms with Crippen LogP contribution in [0.25, 0.3) is 21.3 Å². The zero-order valence-electron chi connectivity index (χ0n) is 15.9. The quantitative estimate of drug-likeness (QED) is 0.645. The third kappa shape index (κ3) is 4.14. The van der Waals surface area contributed by atoms with E-state index >= 15 is 0 Å². The third-order valence-corrected chi connectivity index (χ3v) is 6.38. The summed E-state index contributed by atoms with van der Waals surface area (Å²) in [5.74, 6) is 0.839. The zero-order valence-corrected chi connectivity index (χ0v) is 16.7. The van der Waals surface area contributed by atoms with Crippen molar-refractivity contribution in [3.05, 3.63) is 36.4 Å². The molecule has 29 heavy (non-hydrogen) atoms. The molecule has 0 unspecified atom stereocenters. The number of ether oxygens (including phenoxy) is 1. The number of aliphatic hydroxyl groups is 1. The summed E-state index contributed by atoms with van der Waals surface area (Å²) in [6.45, 7) is 0.305. The Kier molecular flexibility index (Phi) is 4.99. The normalized spacial score (nSPS) is 21.6. The topological polar surface area (TPSA) is 97.2 Å². The number of amides is 1. The van der Waals surface area contributed by atoms with Crippen LogP contribution in [-0.2, 0) is 16.1 Å². The molecule has 2 aromatic heterocycles. The van der Waals surface area contributed by atoms with Crippen LogP contribution in [-0.4, -0.2) is 38.2 Å². The molecule has 150 valence electrons. The molecule has 0 radical (unpaired) electrons. The summed E-state index contributed by atoms with van der Waals surface area (Å²) < 4.78 is 6.75. The average molecular weight is 410 g/mol. The lowest BCUT2D eigenvalue weighted by atomic mass is 10.1. The molecular weight excluding hydrogens is 388 g/mol. The van der Waals surface area contributed by atoms with Gasteiger partial charge in [-0.1, -0.05) is 17.4 Å². The Labute approximate surface area is 172 Å². The second-order valence-corrected chi connectivity index (χ2v) is 8.73. The van der Waals surface area contributed by atoms with E-state index in [0.29, 0.717) is 17.6 Å². The lowest BCUT2D eigenvalue weighted by molar-refractivity contribution is -0.117. The first-order valence-corrected chi connectivity index (χ1v) is 10.8. The van der Waals surface area contributed by atoms with Gasteiger partial charge in [-0.05, 0) is 49.8 Å². The number of thiazole rings is 1. The molecule has 2 heterocycles. The van der Waals surface area contributed by atoms with Crippen LogP contribution < -0.4 is 5.32 Å². The molecule has 2 saturated carbocycles. The summed E-state index contributed by atoms with van der Waals surface area (Å²) in [7, 11) is 0. The highest BCUT2D eigenvalue weighted by molar-refractivity contribution is 7.22. The second kappa shape index (κ2) is 7.78. The number of fused-ring (bicyclic) bond motifs is 1. The molecule has 2 aliphatic rings. The Balaban J connectivity index is 1.27. The monoisotopic (exact) mass is 410 g/mol. The molecule has 2 N–H and O–H groups in total. The summed E-state index contributed by atoms with van der Waals surface area (Å²) in [4.78, 5) is 25.3. The van der Waals surface area contributed by atoms with Crippen molar-refractivity contribution >= 4 is 32.6 Å². The first-order chi connectivity index (χ1) is 14.2. The highest BCUT2D eigenvalue weighted by Crippen LogP contribution is 2.33. The SMILES string of the molecule is O=C(Nc1nc2ccc(-c3cnc(CO[C@H]4CCC[C@@H]4O)nc3)cc2s1)C1CC1. The van der Waals surface area contributed by atoms with Gasteiger partial charge in [-0.3, -0.25) is 4.79 Å². The smallest absolute Gasteiger partial charge is 0.229 e. The number of aromatic nitrogens is 3. The van der Waals surface area contributed by atoms with Gasteiger partial charge in [0.2, 0.25) is 5.91 Å². The number of aliphatic hydroxyl groups excluding tert-OH is 1. The Hall–Kier alpha value is -2.42. The van der Waals surface area contributed by atoms with Crippen LogP contribution in [0.3, 0.4) is 0 Å². The van der Waals surface area contributed by atoms with Crippen LogP contribution in [0.15, 0.2) is 30.6 Å². The number of anilines is 1. The van der Waals surface area contributed by atoms with Crippen molar-refractivity contribution in [2.24, 2.45) is 5.92 Å². The number of hydrogen-bond donors (Lipinski definition) is 2. The number of rotatable bonds is 6. The van der Waals surface area contributed by atoms with Crippen LogP contribution in [0.1, 0.15) is 37.9 Å². The van der Waals surface area contributed by atoms with Crippen LogP contribution in [0.2, 0.25) is 0 Å². The fraction of sp³-hybridized carbons (Fsp3) is 0.429. The Bertz CT molecular complexity index is 1030. The van der Waals surface area contributed by atoms with E-state index in [9.17, 15) is 9.90 Å². The molecule has 2 aliphatic carbocycles. The fourth-order valence-electron chi connectivity index (χ4n) is 3.57. The molecule has 7 nitrogen and oxygen atoms in total. The summed E-state index contributed by atoms with van der Waals surface area (Å²) in [5.41, 5.74) is 2.78. The van der Waals surface area contributed by atoms with Gasteiger partial charge in [-0.2, -0.15) is 0 Å². The summed E-state index contributed by atoms with van der Waals surface area (Å²) >= 11 is 1.48. The number of carbonyl (C=O) groups is 1. The van der Waals surface area contributed by atoms with Crippen molar-refractivity contribution in [3.8, 4) is 11.1 Å². The third-order valence-electron chi connectivity index (χ3n) is 5.45. The van der Waals surface area contributed by atoms with E-state index in [1.54, 1.807) is 12.4 Å². The lowest BCUT2D eigenvalue weighted by Gasteiger charge is -2.14. The predicted octanol–water partition coefficient (Wildman–Crippen LogP) is 3.53. The van der Waals surface area contributed by atoms with Gasteiger partial charge in [0, 0.05) is 23.9 Å². The van der Waals surface area contributed by atoms with Crippen molar-refractivity contribution in [2.75, 3.05) is 5.32 Å². The van der Waals surface area contributed by atoms with Crippen molar-refractivity contribution in [2.45, 2.75) is 50.9 Å². The average Bonchev–Trinajstić information content (AvgIpc) is 3.39. The molecule has 8 heteroatoms. The van der Waals surface area contributed by atoms with E-state index in [-0.39, 0.29) is 24.0 Å². The van der Waals surface area contributed by atoms with E-state index < -0.39 is 0 Å². The Morgan fingerprint density at radius 3 is 2.72 bits per heavy atom. The number of carbonyl (C=O) groups excluding carboxylic acids is 1. The largest absolute Gasteiger partial charge is 0.390 e. The van der Waals surface area contributed by atoms with Crippen LogP contribution in [0, 0.1) is 5.92 Å². The van der Waals surface area contributed by atoms with Crippen molar-refractivity contribution in [1.29, 1.82) is 0 Å². The van der Waals surface area contributed by atoms with Crippen molar-refractivity contribution < 1.29 is 14.6 Å². The molecule has 0 saturated heterocycles. The van der Waals surface area contributed by atoms with E-state index in [4.69, 9.17) is 4.74 Å². The lowest BCUT2D eigenvalue weighted by Crippen LogP contribution is -2.22. The fourth-order valence-corrected chi connectivity index (χ4v) is 4.48. The molecule has 2 atom stereocenters. The van der Waals surface area contributed by atoms with Crippen LogP contribution >= 0.6 is 11.3 Å². The maximum atomic E-state index is 11.9. The minimum atomic E-state index is -0.376. The Morgan fingerprint density at radius 1 is 1.17 bits per heavy atom. The maximum Gasteiger partial charge on any atom is 0.229 e. The first kappa shape index (κ1) is 18.6. The molecular formula is C21H22N4O3S. The molecule has 0 aliphatic heterocycles. The molecule has 3 aromatic rings. The highest BCUT2D eigenvalue weighted by atomic mass is 32.1. The standard InChI is InChI=1S/C21H22N4O3S/c26-16-2-1-3-17(16)28-11-19-22-9-14(10-23-19)13-6-7-15-18(8-13)29-21(24-15)25-20(27)12-4-5-12/h6-10,12,16-17,26H,1-5,11H2,(H,24,25,27)/t16-,17-/m0/s1. The van der Waals surface area contributed by atoms with Gasteiger partial charge in [-0.25, -0.2) is 15.0 Å². The number of hydrogen-bond acceptors (Lipinski definition) is 7. The van der Waals surface area contributed by atoms with Gasteiger partial charge >= 0.3 is 0 Å². The summed E-state index contributed by atoms with van der Waals surface area (Å²) in [6, 6.07) is 5.98. The number of benzene rings is 1. The van der Waals surface area contributed by atoms with Gasteiger partial charge < -0.3 is 15.2 Å². The second-order valence-electron chi connectivity index (χ2n) is 7.70. The molecule has 5 rings (SSSR count). The Morgan fingerprint density at radius 2 is 2.00 bits per heavy atom. The summed E-state index contributed by atoms with van der Waals surface area (Å²) in [6.07, 6.45) is 7.72. The van der Waals surface area contributed by atoms with Crippen LogP contribution in [0.4, 0.5) is 5.13 Å². The van der Waals surface area contributed by atoms with E-state index in [0.717, 1.165) is 53.4 Å². The predicted molar refractivity (Wildman–Crippen MR) is 110 cm³/mol. The molecule has 1 aromatic carbocycles. The molecule has 0 bridgehead atoms. The van der Waals surface area contributed by atoms with Gasteiger partial charge in [-0.15, -0.1) is 0 Å².